The van der Waals surface area contributed by atoms with Gasteiger partial charge in [-0.25, -0.2) is 18.4 Å². The van der Waals surface area contributed by atoms with Crippen LogP contribution in [0.2, 0.25) is 0 Å². The summed E-state index contributed by atoms with van der Waals surface area (Å²) in [5.41, 5.74) is 1.31. The lowest BCUT2D eigenvalue weighted by Gasteiger charge is -2.32. The number of nitrogens with one attached hydrogen (secondary N) is 1. The van der Waals surface area contributed by atoms with Crippen molar-refractivity contribution in [3.05, 3.63) is 41.3 Å². The third-order valence-electron chi connectivity index (χ3n) is 4.76. The molecule has 0 unspecified atom stereocenters. The number of piperidine rings is 1. The number of aromatic nitrogens is 2. The van der Waals surface area contributed by atoms with E-state index in [4.69, 9.17) is 0 Å². The highest BCUT2D eigenvalue weighted by Crippen LogP contribution is 2.40. The van der Waals surface area contributed by atoms with E-state index in [2.05, 4.69) is 15.3 Å². The number of hydrogen-bond donors (Lipinski definition) is 1. The van der Waals surface area contributed by atoms with Crippen molar-refractivity contribution in [1.29, 1.82) is 0 Å². The number of amides is 1. The maximum absolute atomic E-state index is 12.7. The first-order valence-corrected chi connectivity index (χ1v) is 11.0. The average Bonchev–Trinajstić information content (AvgIpc) is 3.34. The number of rotatable bonds is 5. The lowest BCUT2D eigenvalue weighted by Crippen LogP contribution is -2.49. The van der Waals surface area contributed by atoms with Crippen LogP contribution >= 0.6 is 11.3 Å². The van der Waals surface area contributed by atoms with Gasteiger partial charge in [-0.05, 0) is 37.1 Å². The molecule has 0 spiro atoms. The Morgan fingerprint density at radius 2 is 2.15 bits per heavy atom. The largest absolute Gasteiger partial charge is 0.348 e. The van der Waals surface area contributed by atoms with E-state index < -0.39 is 10.0 Å². The number of thiophene rings is 1. The first-order valence-electron chi connectivity index (χ1n) is 8.70. The van der Waals surface area contributed by atoms with Crippen LogP contribution in [-0.4, -0.2) is 47.7 Å². The van der Waals surface area contributed by atoms with Gasteiger partial charge in [0.25, 0.3) is 15.9 Å². The summed E-state index contributed by atoms with van der Waals surface area (Å²) in [6.45, 7) is 0.771. The summed E-state index contributed by atoms with van der Waals surface area (Å²) in [4.78, 5) is 20.9. The predicted molar refractivity (Wildman–Crippen MR) is 97.6 cm³/mol. The van der Waals surface area contributed by atoms with Crippen molar-refractivity contribution in [1.82, 2.24) is 19.6 Å². The van der Waals surface area contributed by atoms with Crippen LogP contribution in [0.5, 0.6) is 0 Å². The standard InChI is InChI=1S/C17H20N4O3S2/c22-17(14-9-18-11-19-16(14)12-5-6-12)20-13-3-1-7-21(10-13)26(23,24)15-4-2-8-25-15/h2,4,8-9,11-13H,1,3,5-7,10H2,(H,20,22)/t13-/m1/s1. The molecule has 0 bridgehead atoms. The maximum Gasteiger partial charge on any atom is 0.254 e. The second-order valence-corrected chi connectivity index (χ2v) is 9.82. The van der Waals surface area contributed by atoms with Crippen LogP contribution in [0, 0.1) is 0 Å². The lowest BCUT2D eigenvalue weighted by molar-refractivity contribution is 0.0919. The van der Waals surface area contributed by atoms with Crippen molar-refractivity contribution in [2.45, 2.75) is 41.9 Å². The lowest BCUT2D eigenvalue weighted by atomic mass is 10.1. The van der Waals surface area contributed by atoms with E-state index in [1.807, 2.05) is 0 Å². The van der Waals surface area contributed by atoms with Gasteiger partial charge in [0.05, 0.1) is 11.3 Å². The quantitative estimate of drug-likeness (QED) is 0.840. The third-order valence-corrected chi connectivity index (χ3v) is 8.00. The van der Waals surface area contributed by atoms with E-state index in [1.165, 1.54) is 22.0 Å². The fourth-order valence-corrected chi connectivity index (χ4v) is 5.94. The topological polar surface area (TPSA) is 92.3 Å². The second kappa shape index (κ2) is 7.05. The van der Waals surface area contributed by atoms with Gasteiger partial charge in [-0.15, -0.1) is 11.3 Å². The summed E-state index contributed by atoms with van der Waals surface area (Å²) in [5.74, 6) is 0.133. The Morgan fingerprint density at radius 3 is 2.88 bits per heavy atom. The molecule has 138 valence electrons. The van der Waals surface area contributed by atoms with Crippen molar-refractivity contribution in [3.8, 4) is 0 Å². The molecule has 1 aliphatic carbocycles. The van der Waals surface area contributed by atoms with Crippen molar-refractivity contribution in [2.24, 2.45) is 0 Å². The van der Waals surface area contributed by atoms with Gasteiger partial charge in [-0.1, -0.05) is 6.07 Å². The molecule has 9 heteroatoms. The summed E-state index contributed by atoms with van der Waals surface area (Å²) in [6.07, 6.45) is 6.60. The molecule has 3 heterocycles. The average molecular weight is 393 g/mol. The normalized spacial score (nSPS) is 21.5. The fourth-order valence-electron chi connectivity index (χ4n) is 3.28. The van der Waals surface area contributed by atoms with E-state index in [-0.39, 0.29) is 11.9 Å². The van der Waals surface area contributed by atoms with E-state index >= 15 is 0 Å². The first-order chi connectivity index (χ1) is 12.6. The molecule has 2 fully saturated rings. The van der Waals surface area contributed by atoms with Gasteiger partial charge in [-0.2, -0.15) is 4.31 Å². The molecule has 1 atom stereocenters. The van der Waals surface area contributed by atoms with Crippen molar-refractivity contribution >= 4 is 27.3 Å². The first kappa shape index (κ1) is 17.6. The Balaban J connectivity index is 1.46. The van der Waals surface area contributed by atoms with Crippen LogP contribution in [0.1, 0.15) is 47.7 Å². The zero-order chi connectivity index (χ0) is 18.1. The Bertz CT molecular complexity index is 894. The molecule has 1 amide bonds. The van der Waals surface area contributed by atoms with Gasteiger partial charge in [0, 0.05) is 31.2 Å². The zero-order valence-electron chi connectivity index (χ0n) is 14.2. The smallest absolute Gasteiger partial charge is 0.254 e. The van der Waals surface area contributed by atoms with Crippen LogP contribution in [-0.2, 0) is 10.0 Å². The van der Waals surface area contributed by atoms with Gasteiger partial charge in [-0.3, -0.25) is 4.79 Å². The Kier molecular flexibility index (Phi) is 4.76. The molecule has 2 aliphatic rings. The van der Waals surface area contributed by atoms with E-state index in [0.717, 1.165) is 31.4 Å². The Morgan fingerprint density at radius 1 is 1.31 bits per heavy atom. The van der Waals surface area contributed by atoms with Crippen LogP contribution in [0.15, 0.2) is 34.2 Å². The summed E-state index contributed by atoms with van der Waals surface area (Å²) >= 11 is 1.21. The van der Waals surface area contributed by atoms with Gasteiger partial charge in [0.15, 0.2) is 0 Å². The highest BCUT2D eigenvalue weighted by Gasteiger charge is 2.33. The SMILES string of the molecule is O=C(N[C@@H]1CCCN(S(=O)(=O)c2cccs2)C1)c1cncnc1C1CC1. The molecule has 0 radical (unpaired) electrons. The summed E-state index contributed by atoms with van der Waals surface area (Å²) in [6, 6.07) is 3.14. The molecule has 4 rings (SSSR count). The number of nitrogens with zero attached hydrogens (tertiary/aromatic N) is 3. The molecule has 2 aromatic rings. The highest BCUT2D eigenvalue weighted by atomic mass is 32.2. The zero-order valence-corrected chi connectivity index (χ0v) is 15.8. The van der Waals surface area contributed by atoms with Crippen LogP contribution in [0.25, 0.3) is 0 Å². The monoisotopic (exact) mass is 392 g/mol. The fraction of sp³-hybridized carbons (Fsp3) is 0.471. The molecule has 1 saturated heterocycles. The van der Waals surface area contributed by atoms with E-state index in [1.54, 1.807) is 23.7 Å². The van der Waals surface area contributed by atoms with Gasteiger partial charge in [0.1, 0.15) is 10.5 Å². The molecule has 26 heavy (non-hydrogen) atoms. The molecule has 1 saturated carbocycles. The van der Waals surface area contributed by atoms with Gasteiger partial charge >= 0.3 is 0 Å². The number of sulfonamides is 1. The molecular formula is C17H20N4O3S2. The molecule has 2 aromatic heterocycles. The van der Waals surface area contributed by atoms with Crippen LogP contribution < -0.4 is 5.32 Å². The molecule has 1 N–H and O–H groups in total. The minimum Gasteiger partial charge on any atom is -0.348 e. The Hall–Kier alpha value is -1.84. The minimum atomic E-state index is -3.49. The van der Waals surface area contributed by atoms with E-state index in [9.17, 15) is 13.2 Å². The molecule has 0 aromatic carbocycles. The molecule has 1 aliphatic heterocycles. The van der Waals surface area contributed by atoms with Crippen LogP contribution in [0.4, 0.5) is 0 Å². The number of hydrogen-bond acceptors (Lipinski definition) is 6. The summed E-state index contributed by atoms with van der Waals surface area (Å²) < 4.78 is 27.2. The number of carbonyl (C=O) groups is 1. The predicted octanol–water partition coefficient (Wildman–Crippen LogP) is 2.00. The second-order valence-electron chi connectivity index (χ2n) is 6.70. The minimum absolute atomic E-state index is 0.210. The maximum atomic E-state index is 12.7. The number of carbonyl (C=O) groups excluding carboxylic acids is 1. The summed E-state index contributed by atoms with van der Waals surface area (Å²) in [7, 11) is -3.49. The van der Waals surface area contributed by atoms with Crippen molar-refractivity contribution < 1.29 is 13.2 Å². The van der Waals surface area contributed by atoms with Gasteiger partial charge in [0.2, 0.25) is 0 Å². The highest BCUT2D eigenvalue weighted by molar-refractivity contribution is 7.91. The Labute approximate surface area is 156 Å². The van der Waals surface area contributed by atoms with Gasteiger partial charge < -0.3 is 5.32 Å². The summed E-state index contributed by atoms with van der Waals surface area (Å²) in [5, 5.41) is 4.74. The molecule has 7 nitrogen and oxygen atoms in total. The van der Waals surface area contributed by atoms with Crippen LogP contribution in [0.3, 0.4) is 0 Å². The van der Waals surface area contributed by atoms with E-state index in [0.29, 0.717) is 28.8 Å². The third kappa shape index (κ3) is 3.51. The molecular weight excluding hydrogens is 372 g/mol. The van der Waals surface area contributed by atoms with Crippen molar-refractivity contribution in [2.75, 3.05) is 13.1 Å². The van der Waals surface area contributed by atoms with Crippen molar-refractivity contribution in [3.63, 3.8) is 0 Å².